The minimum Gasteiger partial charge on any atom is -0.485 e. The Bertz CT molecular complexity index is 554. The van der Waals surface area contributed by atoms with Crippen molar-refractivity contribution in [1.29, 1.82) is 0 Å². The third kappa shape index (κ3) is 4.53. The summed E-state index contributed by atoms with van der Waals surface area (Å²) in [4.78, 5) is 10.4. The molecule has 2 aromatic carbocycles. The summed E-state index contributed by atoms with van der Waals surface area (Å²) in [6.07, 6.45) is 0.709. The summed E-state index contributed by atoms with van der Waals surface area (Å²) >= 11 is 11.8. The molecule has 0 atom stereocenters. The highest BCUT2D eigenvalue weighted by Crippen LogP contribution is 2.33. The van der Waals surface area contributed by atoms with E-state index in [9.17, 15) is 4.79 Å². The van der Waals surface area contributed by atoms with Gasteiger partial charge in [0.2, 0.25) is 0 Å². The summed E-state index contributed by atoms with van der Waals surface area (Å²) in [6, 6.07) is 12.6. The average Bonchev–Trinajstić information content (AvgIpc) is 2.49. The van der Waals surface area contributed by atoms with E-state index in [-0.39, 0.29) is 6.61 Å². The van der Waals surface area contributed by atoms with Gasteiger partial charge in [-0.05, 0) is 35.9 Å². The van der Waals surface area contributed by atoms with Gasteiger partial charge in [-0.1, -0.05) is 35.3 Å². The zero-order valence-corrected chi connectivity index (χ0v) is 12.4. The maximum atomic E-state index is 10.4. The van der Waals surface area contributed by atoms with Crippen molar-refractivity contribution < 1.29 is 14.6 Å². The number of aliphatic hydroxyl groups is 1. The van der Waals surface area contributed by atoms with E-state index in [4.69, 9.17) is 33.0 Å². The molecule has 0 aliphatic rings. The monoisotopic (exact) mass is 312 g/mol. The molecule has 0 spiro atoms. The molecule has 106 valence electrons. The molecule has 0 saturated carbocycles. The van der Waals surface area contributed by atoms with E-state index >= 15 is 0 Å². The normalized spacial score (nSPS) is 9.40. The molecular weight excluding hydrogens is 299 g/mol. The number of aliphatic hydroxyl groups excluding tert-OH is 1. The summed E-state index contributed by atoms with van der Waals surface area (Å²) in [7, 11) is 1.00. The topological polar surface area (TPSA) is 46.5 Å². The van der Waals surface area contributed by atoms with Crippen LogP contribution in [0.1, 0.15) is 0 Å². The molecule has 0 aliphatic heterocycles. The van der Waals surface area contributed by atoms with Crippen molar-refractivity contribution in [3.63, 3.8) is 0 Å². The predicted octanol–water partition coefficient (Wildman–Crippen LogP) is 3.85. The van der Waals surface area contributed by atoms with Gasteiger partial charge in [0.25, 0.3) is 0 Å². The van der Waals surface area contributed by atoms with Gasteiger partial charge < -0.3 is 9.84 Å². The van der Waals surface area contributed by atoms with Gasteiger partial charge in [0.15, 0.2) is 6.29 Å². The Labute approximate surface area is 127 Å². The highest BCUT2D eigenvalue weighted by Gasteiger charge is 2.07. The Kier molecular flexibility index (Phi) is 7.09. The van der Waals surface area contributed by atoms with Gasteiger partial charge >= 0.3 is 0 Å². The molecule has 0 radical (unpaired) electrons. The molecule has 0 bridgehead atoms. The van der Waals surface area contributed by atoms with Gasteiger partial charge in [0.1, 0.15) is 12.4 Å². The first kappa shape index (κ1) is 16.5. The van der Waals surface area contributed by atoms with Crippen LogP contribution in [0.3, 0.4) is 0 Å². The second kappa shape index (κ2) is 8.59. The highest BCUT2D eigenvalue weighted by atomic mass is 35.5. The molecule has 0 saturated heterocycles. The summed E-state index contributed by atoms with van der Waals surface area (Å²) in [5.41, 5.74) is 1.77. The van der Waals surface area contributed by atoms with Gasteiger partial charge in [-0.2, -0.15) is 0 Å². The number of rotatable bonds is 4. The third-order valence-corrected chi connectivity index (χ3v) is 2.89. The van der Waals surface area contributed by atoms with Crippen LogP contribution < -0.4 is 4.74 Å². The first-order chi connectivity index (χ1) is 9.70. The van der Waals surface area contributed by atoms with Gasteiger partial charge in [-0.3, -0.25) is 4.79 Å². The SMILES string of the molecule is CO.O=CCOc1ccc(Cl)cc1-c1ccc(Cl)cc1. The largest absolute Gasteiger partial charge is 0.485 e. The van der Waals surface area contributed by atoms with Crippen molar-refractivity contribution in [2.24, 2.45) is 0 Å². The molecule has 0 fully saturated rings. The van der Waals surface area contributed by atoms with E-state index in [2.05, 4.69) is 0 Å². The minimum absolute atomic E-state index is 0.0161. The fraction of sp³-hybridized carbons (Fsp3) is 0.133. The van der Waals surface area contributed by atoms with Crippen molar-refractivity contribution in [1.82, 2.24) is 0 Å². The number of halogens is 2. The van der Waals surface area contributed by atoms with Crippen molar-refractivity contribution in [2.75, 3.05) is 13.7 Å². The molecule has 1 N–H and O–H groups in total. The van der Waals surface area contributed by atoms with Crippen LogP contribution in [0.25, 0.3) is 11.1 Å². The maximum Gasteiger partial charge on any atom is 0.157 e. The molecule has 0 aromatic heterocycles. The standard InChI is InChI=1S/C14H10Cl2O2.CH4O/c15-11-3-1-10(2-4-11)13-9-12(16)5-6-14(13)18-8-7-17;1-2/h1-7,9H,8H2;2H,1H3. The number of hydrogen-bond donors (Lipinski definition) is 1. The van der Waals surface area contributed by atoms with E-state index in [1.807, 2.05) is 12.1 Å². The fourth-order valence-corrected chi connectivity index (χ4v) is 1.90. The Morgan fingerprint density at radius 3 is 2.25 bits per heavy atom. The van der Waals surface area contributed by atoms with Crippen molar-refractivity contribution in [3.05, 3.63) is 52.5 Å². The van der Waals surface area contributed by atoms with E-state index in [0.29, 0.717) is 22.1 Å². The zero-order valence-electron chi connectivity index (χ0n) is 10.8. The van der Waals surface area contributed by atoms with Gasteiger partial charge in [-0.15, -0.1) is 0 Å². The van der Waals surface area contributed by atoms with Gasteiger partial charge in [-0.25, -0.2) is 0 Å². The van der Waals surface area contributed by atoms with E-state index < -0.39 is 0 Å². The first-order valence-corrected chi connectivity index (χ1v) is 6.53. The second-order valence-corrected chi connectivity index (χ2v) is 4.50. The molecule has 0 heterocycles. The van der Waals surface area contributed by atoms with Crippen molar-refractivity contribution >= 4 is 29.5 Å². The predicted molar refractivity (Wildman–Crippen MR) is 81.6 cm³/mol. The molecular formula is C15H14Cl2O3. The Morgan fingerprint density at radius 1 is 1.05 bits per heavy atom. The van der Waals surface area contributed by atoms with E-state index in [0.717, 1.165) is 18.2 Å². The number of benzene rings is 2. The summed E-state index contributed by atoms with van der Waals surface area (Å²) in [5, 5.41) is 8.27. The van der Waals surface area contributed by atoms with Gasteiger partial charge in [0.05, 0.1) is 0 Å². The van der Waals surface area contributed by atoms with Crippen LogP contribution in [-0.2, 0) is 4.79 Å². The van der Waals surface area contributed by atoms with Crippen molar-refractivity contribution in [2.45, 2.75) is 0 Å². The molecule has 2 rings (SSSR count). The molecule has 20 heavy (non-hydrogen) atoms. The number of aldehydes is 1. The minimum atomic E-state index is 0.0161. The summed E-state index contributed by atoms with van der Waals surface area (Å²) in [6.45, 7) is 0.0161. The first-order valence-electron chi connectivity index (χ1n) is 5.77. The van der Waals surface area contributed by atoms with Crippen LogP contribution in [0, 0.1) is 0 Å². The molecule has 5 heteroatoms. The summed E-state index contributed by atoms with van der Waals surface area (Å²) in [5.74, 6) is 0.619. The lowest BCUT2D eigenvalue weighted by molar-refractivity contribution is -0.109. The maximum absolute atomic E-state index is 10.4. The van der Waals surface area contributed by atoms with Crippen LogP contribution in [0.2, 0.25) is 10.0 Å². The lowest BCUT2D eigenvalue weighted by Crippen LogP contribution is -1.99. The molecule has 2 aromatic rings. The lowest BCUT2D eigenvalue weighted by Gasteiger charge is -2.10. The smallest absolute Gasteiger partial charge is 0.157 e. The molecule has 3 nitrogen and oxygen atoms in total. The number of carbonyl (C=O) groups excluding carboxylic acids is 1. The fourth-order valence-electron chi connectivity index (χ4n) is 1.61. The average molecular weight is 313 g/mol. The Hall–Kier alpha value is -1.55. The van der Waals surface area contributed by atoms with Crippen LogP contribution >= 0.6 is 23.2 Å². The number of ether oxygens (including phenoxy) is 1. The van der Waals surface area contributed by atoms with E-state index in [1.54, 1.807) is 30.3 Å². The van der Waals surface area contributed by atoms with Gasteiger partial charge in [0, 0.05) is 22.7 Å². The molecule has 0 amide bonds. The lowest BCUT2D eigenvalue weighted by atomic mass is 10.0. The van der Waals surface area contributed by atoms with Crippen LogP contribution in [0.15, 0.2) is 42.5 Å². The molecule has 0 aliphatic carbocycles. The van der Waals surface area contributed by atoms with Crippen LogP contribution in [0.4, 0.5) is 0 Å². The Balaban J connectivity index is 0.000000956. The third-order valence-electron chi connectivity index (χ3n) is 2.40. The number of carbonyl (C=O) groups is 1. The van der Waals surface area contributed by atoms with E-state index in [1.165, 1.54) is 0 Å². The summed E-state index contributed by atoms with van der Waals surface area (Å²) < 4.78 is 5.37. The van der Waals surface area contributed by atoms with Crippen LogP contribution in [0.5, 0.6) is 5.75 Å². The molecule has 0 unspecified atom stereocenters. The quantitative estimate of drug-likeness (QED) is 0.872. The zero-order chi connectivity index (χ0) is 15.0. The van der Waals surface area contributed by atoms with Crippen molar-refractivity contribution in [3.8, 4) is 16.9 Å². The Morgan fingerprint density at radius 2 is 1.65 bits per heavy atom. The van der Waals surface area contributed by atoms with Crippen LogP contribution in [-0.4, -0.2) is 25.1 Å². The number of hydrogen-bond acceptors (Lipinski definition) is 3. The highest BCUT2D eigenvalue weighted by molar-refractivity contribution is 6.31. The second-order valence-electron chi connectivity index (χ2n) is 3.63.